The molecule has 8 nitrogen and oxygen atoms in total. The standard InChI is InChI=1S/C10H12F3N5O3S/c1-3-18-5-7(4-14-18)22(19,20)17-6(2)8-15-9(16-21-8)10(11,12)13/h4-6,17H,3H2,1-2H3. The van der Waals surface area contributed by atoms with Crippen LogP contribution >= 0.6 is 0 Å². The third-order valence-electron chi connectivity index (χ3n) is 2.64. The second-order valence-electron chi connectivity index (χ2n) is 4.33. The summed E-state index contributed by atoms with van der Waals surface area (Å²) in [5.41, 5.74) is 0. The highest BCUT2D eigenvalue weighted by Crippen LogP contribution is 2.27. The van der Waals surface area contributed by atoms with Crippen LogP contribution < -0.4 is 4.72 Å². The van der Waals surface area contributed by atoms with E-state index in [0.29, 0.717) is 6.54 Å². The van der Waals surface area contributed by atoms with Crippen LogP contribution in [-0.4, -0.2) is 28.3 Å². The van der Waals surface area contributed by atoms with E-state index in [-0.39, 0.29) is 4.90 Å². The average Bonchev–Trinajstić information content (AvgIpc) is 3.07. The Balaban J connectivity index is 2.17. The first-order valence-electron chi connectivity index (χ1n) is 6.09. The van der Waals surface area contributed by atoms with E-state index >= 15 is 0 Å². The second kappa shape index (κ2) is 5.68. The maximum Gasteiger partial charge on any atom is 0.455 e. The number of sulfonamides is 1. The highest BCUT2D eigenvalue weighted by Gasteiger charge is 2.38. The Morgan fingerprint density at radius 3 is 2.64 bits per heavy atom. The molecule has 0 aliphatic heterocycles. The molecule has 0 fully saturated rings. The molecule has 0 saturated heterocycles. The van der Waals surface area contributed by atoms with Gasteiger partial charge in [0.15, 0.2) is 0 Å². The number of aryl methyl sites for hydroxylation is 1. The molecule has 12 heteroatoms. The first-order chi connectivity index (χ1) is 10.1. The van der Waals surface area contributed by atoms with Gasteiger partial charge in [-0.2, -0.15) is 28.0 Å². The van der Waals surface area contributed by atoms with Gasteiger partial charge in [-0.1, -0.05) is 5.16 Å². The molecule has 0 aromatic carbocycles. The Bertz CT molecular complexity index is 752. The number of hydrogen-bond acceptors (Lipinski definition) is 6. The summed E-state index contributed by atoms with van der Waals surface area (Å²) in [6, 6.07) is -1.13. The van der Waals surface area contributed by atoms with E-state index in [1.54, 1.807) is 6.92 Å². The van der Waals surface area contributed by atoms with Crippen LogP contribution in [-0.2, 0) is 22.7 Å². The Hall–Kier alpha value is -1.95. The van der Waals surface area contributed by atoms with Crippen LogP contribution in [0.1, 0.15) is 31.6 Å². The Labute approximate surface area is 123 Å². The third kappa shape index (κ3) is 3.44. The topological polar surface area (TPSA) is 103 Å². The molecule has 2 aromatic heterocycles. The van der Waals surface area contributed by atoms with Crippen molar-refractivity contribution >= 4 is 10.0 Å². The summed E-state index contributed by atoms with van der Waals surface area (Å²) in [6.07, 6.45) is -2.33. The number of aromatic nitrogens is 4. The van der Waals surface area contributed by atoms with E-state index in [1.807, 2.05) is 0 Å². The molecule has 0 amide bonds. The van der Waals surface area contributed by atoms with Gasteiger partial charge in [-0.3, -0.25) is 4.68 Å². The van der Waals surface area contributed by atoms with Crippen LogP contribution in [0, 0.1) is 0 Å². The van der Waals surface area contributed by atoms with E-state index in [1.165, 1.54) is 17.8 Å². The zero-order chi connectivity index (χ0) is 16.5. The van der Waals surface area contributed by atoms with Crippen molar-refractivity contribution in [1.82, 2.24) is 24.6 Å². The van der Waals surface area contributed by atoms with Crippen molar-refractivity contribution in [2.45, 2.75) is 37.5 Å². The van der Waals surface area contributed by atoms with Gasteiger partial charge in [0, 0.05) is 12.7 Å². The van der Waals surface area contributed by atoms with Crippen LogP contribution in [0.4, 0.5) is 13.2 Å². The highest BCUT2D eigenvalue weighted by atomic mass is 32.2. The molecule has 122 valence electrons. The summed E-state index contributed by atoms with van der Waals surface area (Å²) in [4.78, 5) is 3.02. The van der Waals surface area contributed by atoms with E-state index in [9.17, 15) is 21.6 Å². The number of nitrogens with zero attached hydrogens (tertiary/aromatic N) is 4. The maximum absolute atomic E-state index is 12.4. The Morgan fingerprint density at radius 2 is 2.14 bits per heavy atom. The summed E-state index contributed by atoms with van der Waals surface area (Å²) in [7, 11) is -3.97. The van der Waals surface area contributed by atoms with Crippen molar-refractivity contribution in [3.63, 3.8) is 0 Å². The van der Waals surface area contributed by atoms with E-state index in [2.05, 4.69) is 24.5 Å². The molecule has 0 radical (unpaired) electrons. The molecule has 1 N–H and O–H groups in total. The van der Waals surface area contributed by atoms with E-state index < -0.39 is 34.0 Å². The van der Waals surface area contributed by atoms with E-state index in [0.717, 1.165) is 6.20 Å². The van der Waals surface area contributed by atoms with Gasteiger partial charge < -0.3 is 4.52 Å². The highest BCUT2D eigenvalue weighted by molar-refractivity contribution is 7.89. The minimum Gasteiger partial charge on any atom is -0.337 e. The summed E-state index contributed by atoms with van der Waals surface area (Å²) < 4.78 is 69.2. The third-order valence-corrected chi connectivity index (χ3v) is 4.14. The fourth-order valence-corrected chi connectivity index (χ4v) is 2.68. The first kappa shape index (κ1) is 16.4. The molecule has 0 aliphatic rings. The van der Waals surface area contributed by atoms with Crippen molar-refractivity contribution in [2.75, 3.05) is 0 Å². The summed E-state index contributed by atoms with van der Waals surface area (Å²) in [6.45, 7) is 3.54. The molecule has 0 bridgehead atoms. The predicted octanol–water partition coefficient (Wildman–Crippen LogP) is 1.34. The molecule has 1 atom stereocenters. The van der Waals surface area contributed by atoms with Crippen LogP contribution in [0.15, 0.2) is 21.8 Å². The lowest BCUT2D eigenvalue weighted by atomic mass is 10.4. The number of alkyl halides is 3. The SMILES string of the molecule is CCn1cc(S(=O)(=O)NC(C)c2nc(C(F)(F)F)no2)cn1. The average molecular weight is 339 g/mol. The predicted molar refractivity (Wildman–Crippen MR) is 65.9 cm³/mol. The van der Waals surface area contributed by atoms with Gasteiger partial charge in [0.05, 0.1) is 12.2 Å². The van der Waals surface area contributed by atoms with Crippen molar-refractivity contribution in [2.24, 2.45) is 0 Å². The molecular weight excluding hydrogens is 327 g/mol. The molecule has 1 unspecified atom stereocenters. The first-order valence-corrected chi connectivity index (χ1v) is 7.57. The fraction of sp³-hybridized carbons (Fsp3) is 0.500. The Morgan fingerprint density at radius 1 is 1.45 bits per heavy atom. The van der Waals surface area contributed by atoms with Crippen LogP contribution in [0.3, 0.4) is 0 Å². The maximum atomic E-state index is 12.4. The van der Waals surface area contributed by atoms with Crippen LogP contribution in [0.2, 0.25) is 0 Å². The van der Waals surface area contributed by atoms with Gasteiger partial charge in [-0.05, 0) is 13.8 Å². The van der Waals surface area contributed by atoms with Crippen molar-refractivity contribution in [1.29, 1.82) is 0 Å². The Kier molecular flexibility index (Phi) is 4.24. The number of halogens is 3. The number of hydrogen-bond donors (Lipinski definition) is 1. The largest absolute Gasteiger partial charge is 0.455 e. The zero-order valence-electron chi connectivity index (χ0n) is 11.5. The molecule has 0 aliphatic carbocycles. The molecule has 22 heavy (non-hydrogen) atoms. The smallest absolute Gasteiger partial charge is 0.337 e. The normalized spacial score (nSPS) is 14.2. The second-order valence-corrected chi connectivity index (χ2v) is 6.04. The van der Waals surface area contributed by atoms with Gasteiger partial charge in [0.2, 0.25) is 15.9 Å². The van der Waals surface area contributed by atoms with Crippen molar-refractivity contribution in [3.05, 3.63) is 24.1 Å². The van der Waals surface area contributed by atoms with Gasteiger partial charge in [-0.15, -0.1) is 0 Å². The minimum atomic E-state index is -4.76. The summed E-state index contributed by atoms with van der Waals surface area (Å²) >= 11 is 0. The minimum absolute atomic E-state index is 0.114. The molecule has 2 rings (SSSR count). The molecule has 2 aromatic rings. The lowest BCUT2D eigenvalue weighted by Crippen LogP contribution is -2.27. The molecular formula is C10H12F3N5O3S. The van der Waals surface area contributed by atoms with Crippen molar-refractivity contribution < 1.29 is 26.1 Å². The molecule has 0 spiro atoms. The monoisotopic (exact) mass is 339 g/mol. The van der Waals surface area contributed by atoms with E-state index in [4.69, 9.17) is 0 Å². The lowest BCUT2D eigenvalue weighted by Gasteiger charge is -2.08. The number of nitrogens with one attached hydrogen (secondary N) is 1. The number of rotatable bonds is 5. The summed E-state index contributed by atoms with van der Waals surface area (Å²) in [5.74, 6) is -1.95. The van der Waals surface area contributed by atoms with Crippen LogP contribution in [0.25, 0.3) is 0 Å². The summed E-state index contributed by atoms with van der Waals surface area (Å²) in [5, 5.41) is 6.58. The van der Waals surface area contributed by atoms with Gasteiger partial charge in [0.1, 0.15) is 4.90 Å². The lowest BCUT2D eigenvalue weighted by molar-refractivity contribution is -0.146. The van der Waals surface area contributed by atoms with Gasteiger partial charge in [0.25, 0.3) is 5.82 Å². The fourth-order valence-electron chi connectivity index (χ4n) is 1.53. The van der Waals surface area contributed by atoms with Gasteiger partial charge in [-0.25, -0.2) is 8.42 Å². The molecule has 2 heterocycles. The zero-order valence-corrected chi connectivity index (χ0v) is 12.3. The van der Waals surface area contributed by atoms with Crippen molar-refractivity contribution in [3.8, 4) is 0 Å². The van der Waals surface area contributed by atoms with Gasteiger partial charge >= 0.3 is 6.18 Å². The quantitative estimate of drug-likeness (QED) is 0.882. The van der Waals surface area contributed by atoms with Crippen LogP contribution in [0.5, 0.6) is 0 Å². The molecule has 0 saturated carbocycles.